The molecule has 0 fully saturated rings. The average molecular weight is 247 g/mol. The van der Waals surface area contributed by atoms with E-state index in [0.29, 0.717) is 0 Å². The molecule has 0 aromatic heterocycles. The van der Waals surface area contributed by atoms with E-state index >= 15 is 0 Å². The lowest BCUT2D eigenvalue weighted by Crippen LogP contribution is -2.26. The smallest absolute Gasteiger partial charge is 0.407 e. The Morgan fingerprint density at radius 1 is 1.29 bits per heavy atom. The van der Waals surface area contributed by atoms with Gasteiger partial charge in [-0.2, -0.15) is 0 Å². The quantitative estimate of drug-likeness (QED) is 0.829. The van der Waals surface area contributed by atoms with Crippen LogP contribution in [0.1, 0.15) is 12.5 Å². The highest BCUT2D eigenvalue weighted by atomic mass is 19.2. The van der Waals surface area contributed by atoms with Gasteiger partial charge >= 0.3 is 6.09 Å². The van der Waals surface area contributed by atoms with Crippen LogP contribution in [0.2, 0.25) is 0 Å². The molecule has 94 valence electrons. The molecule has 0 aliphatic rings. The molecule has 0 radical (unpaired) electrons. The molecule has 1 aromatic rings. The molecular formula is C11H12F3NO2. The molecule has 0 aliphatic heterocycles. The van der Waals surface area contributed by atoms with Crippen LogP contribution in [0.15, 0.2) is 12.1 Å². The molecule has 1 N–H and O–H groups in total. The predicted molar refractivity (Wildman–Crippen MR) is 55.0 cm³/mol. The third-order valence-corrected chi connectivity index (χ3v) is 2.05. The maximum Gasteiger partial charge on any atom is 0.407 e. The van der Waals surface area contributed by atoms with Crippen molar-refractivity contribution in [1.29, 1.82) is 0 Å². The Hall–Kier alpha value is -1.72. The van der Waals surface area contributed by atoms with Gasteiger partial charge in [-0.25, -0.2) is 18.0 Å². The number of hydrogen-bond donors (Lipinski definition) is 1. The second-order valence-electron chi connectivity index (χ2n) is 3.23. The van der Waals surface area contributed by atoms with E-state index in [9.17, 15) is 18.0 Å². The Balaban J connectivity index is 2.53. The fourth-order valence-corrected chi connectivity index (χ4v) is 1.24. The maximum atomic E-state index is 13.2. The second-order valence-corrected chi connectivity index (χ2v) is 3.23. The maximum absolute atomic E-state index is 13.2. The Morgan fingerprint density at radius 2 is 2.00 bits per heavy atom. The minimum Gasteiger partial charge on any atom is -0.450 e. The Labute approximate surface area is 96.6 Å². The number of hydrogen-bond acceptors (Lipinski definition) is 2. The highest BCUT2D eigenvalue weighted by Crippen LogP contribution is 2.15. The third-order valence-electron chi connectivity index (χ3n) is 2.05. The third kappa shape index (κ3) is 3.65. The highest BCUT2D eigenvalue weighted by molar-refractivity contribution is 5.67. The standard InChI is InChI=1S/C11H12F3NO2/c1-2-17-11(16)15-6-5-7-3-4-8(12)10(14)9(7)13/h3-4H,2,5-6H2,1H3,(H,15,16). The molecule has 0 saturated carbocycles. The molecule has 0 heterocycles. The van der Waals surface area contributed by atoms with Gasteiger partial charge in [0, 0.05) is 6.54 Å². The van der Waals surface area contributed by atoms with E-state index in [2.05, 4.69) is 10.1 Å². The number of amides is 1. The number of carbonyl (C=O) groups is 1. The number of benzene rings is 1. The molecule has 17 heavy (non-hydrogen) atoms. The number of halogens is 3. The molecule has 1 rings (SSSR count). The van der Waals surface area contributed by atoms with E-state index in [1.807, 2.05) is 0 Å². The fourth-order valence-electron chi connectivity index (χ4n) is 1.24. The topological polar surface area (TPSA) is 38.3 Å². The van der Waals surface area contributed by atoms with E-state index in [-0.39, 0.29) is 25.1 Å². The first-order valence-corrected chi connectivity index (χ1v) is 5.09. The zero-order chi connectivity index (χ0) is 12.8. The predicted octanol–water partition coefficient (Wildman–Crippen LogP) is 2.39. The normalized spacial score (nSPS) is 10.1. The number of nitrogens with one attached hydrogen (secondary N) is 1. The van der Waals surface area contributed by atoms with Crippen LogP contribution < -0.4 is 5.32 Å². The van der Waals surface area contributed by atoms with Gasteiger partial charge in [0.15, 0.2) is 17.5 Å². The number of alkyl carbamates (subject to hydrolysis) is 1. The van der Waals surface area contributed by atoms with Crippen molar-refractivity contribution in [2.45, 2.75) is 13.3 Å². The minimum absolute atomic E-state index is 0.000647. The Kier molecular flexibility index (Phi) is 4.81. The van der Waals surface area contributed by atoms with Gasteiger partial charge < -0.3 is 10.1 Å². The van der Waals surface area contributed by atoms with Crippen LogP contribution in [0.4, 0.5) is 18.0 Å². The first-order chi connectivity index (χ1) is 8.06. The molecule has 0 atom stereocenters. The van der Waals surface area contributed by atoms with Crippen LogP contribution in [-0.2, 0) is 11.2 Å². The molecule has 0 unspecified atom stereocenters. The second kappa shape index (κ2) is 6.12. The monoisotopic (exact) mass is 247 g/mol. The van der Waals surface area contributed by atoms with Crippen LogP contribution >= 0.6 is 0 Å². The van der Waals surface area contributed by atoms with Gasteiger partial charge in [0.1, 0.15) is 0 Å². The summed E-state index contributed by atoms with van der Waals surface area (Å²) in [5.41, 5.74) is 0.000647. The van der Waals surface area contributed by atoms with Crippen LogP contribution in [0.3, 0.4) is 0 Å². The zero-order valence-electron chi connectivity index (χ0n) is 9.23. The zero-order valence-corrected chi connectivity index (χ0v) is 9.23. The highest BCUT2D eigenvalue weighted by Gasteiger charge is 2.13. The summed E-state index contributed by atoms with van der Waals surface area (Å²) >= 11 is 0. The lowest BCUT2D eigenvalue weighted by atomic mass is 10.1. The summed E-state index contributed by atoms with van der Waals surface area (Å²) in [6.07, 6.45) is -0.572. The van der Waals surface area contributed by atoms with Gasteiger partial charge in [-0.05, 0) is 25.0 Å². The molecule has 0 aliphatic carbocycles. The SMILES string of the molecule is CCOC(=O)NCCc1ccc(F)c(F)c1F. The molecular weight excluding hydrogens is 235 g/mol. The van der Waals surface area contributed by atoms with Gasteiger partial charge in [-0.1, -0.05) is 6.07 Å². The van der Waals surface area contributed by atoms with Gasteiger partial charge in [-0.15, -0.1) is 0 Å². The van der Waals surface area contributed by atoms with E-state index in [4.69, 9.17) is 0 Å². The van der Waals surface area contributed by atoms with Gasteiger partial charge in [-0.3, -0.25) is 0 Å². The van der Waals surface area contributed by atoms with E-state index in [1.165, 1.54) is 0 Å². The minimum atomic E-state index is -1.50. The molecule has 1 aromatic carbocycles. The van der Waals surface area contributed by atoms with Crippen molar-refractivity contribution in [3.8, 4) is 0 Å². The lowest BCUT2D eigenvalue weighted by molar-refractivity contribution is 0.152. The summed E-state index contributed by atoms with van der Waals surface area (Å²) in [5.74, 6) is -3.96. The summed E-state index contributed by atoms with van der Waals surface area (Å²) < 4.78 is 43.2. The van der Waals surface area contributed by atoms with Gasteiger partial charge in [0.2, 0.25) is 0 Å². The van der Waals surface area contributed by atoms with E-state index < -0.39 is 23.5 Å². The van der Waals surface area contributed by atoms with Crippen LogP contribution in [0.25, 0.3) is 0 Å². The summed E-state index contributed by atoms with van der Waals surface area (Å²) in [5, 5.41) is 2.35. The summed E-state index contributed by atoms with van der Waals surface area (Å²) in [7, 11) is 0. The number of ether oxygens (including phenoxy) is 1. The molecule has 0 spiro atoms. The first-order valence-electron chi connectivity index (χ1n) is 5.09. The van der Waals surface area contributed by atoms with Crippen molar-refractivity contribution >= 4 is 6.09 Å². The van der Waals surface area contributed by atoms with Crippen molar-refractivity contribution in [1.82, 2.24) is 5.32 Å². The van der Waals surface area contributed by atoms with Gasteiger partial charge in [0.25, 0.3) is 0 Å². The van der Waals surface area contributed by atoms with Crippen LogP contribution in [0, 0.1) is 17.5 Å². The fraction of sp³-hybridized carbons (Fsp3) is 0.364. The van der Waals surface area contributed by atoms with Gasteiger partial charge in [0.05, 0.1) is 6.61 Å². The molecule has 3 nitrogen and oxygen atoms in total. The first kappa shape index (κ1) is 13.3. The molecule has 0 bridgehead atoms. The summed E-state index contributed by atoms with van der Waals surface area (Å²) in [6, 6.07) is 1.98. The van der Waals surface area contributed by atoms with Crippen molar-refractivity contribution in [3.63, 3.8) is 0 Å². The summed E-state index contributed by atoms with van der Waals surface area (Å²) in [4.78, 5) is 10.9. The Bertz CT molecular complexity index is 410. The molecule has 0 saturated heterocycles. The van der Waals surface area contributed by atoms with Crippen LogP contribution in [0.5, 0.6) is 0 Å². The summed E-state index contributed by atoms with van der Waals surface area (Å²) in [6.45, 7) is 1.96. The van der Waals surface area contributed by atoms with Crippen molar-refractivity contribution < 1.29 is 22.7 Å². The number of carbonyl (C=O) groups excluding carboxylic acids is 1. The van der Waals surface area contributed by atoms with Crippen molar-refractivity contribution in [2.75, 3.05) is 13.2 Å². The molecule has 1 amide bonds. The van der Waals surface area contributed by atoms with Crippen LogP contribution in [-0.4, -0.2) is 19.2 Å². The van der Waals surface area contributed by atoms with E-state index in [0.717, 1.165) is 12.1 Å². The average Bonchev–Trinajstić information content (AvgIpc) is 2.29. The van der Waals surface area contributed by atoms with E-state index in [1.54, 1.807) is 6.92 Å². The largest absolute Gasteiger partial charge is 0.450 e. The molecule has 6 heteroatoms. The number of rotatable bonds is 4. The Morgan fingerprint density at radius 3 is 2.65 bits per heavy atom. The van der Waals surface area contributed by atoms with Crippen molar-refractivity contribution in [3.05, 3.63) is 35.1 Å². The van der Waals surface area contributed by atoms with Crippen molar-refractivity contribution in [2.24, 2.45) is 0 Å². The lowest BCUT2D eigenvalue weighted by Gasteiger charge is -2.06.